The number of carbonyl (C=O) groups is 1. The van der Waals surface area contributed by atoms with Gasteiger partial charge in [-0.05, 0) is 43.0 Å². The van der Waals surface area contributed by atoms with Gasteiger partial charge < -0.3 is 5.32 Å². The summed E-state index contributed by atoms with van der Waals surface area (Å²) in [6.07, 6.45) is -1.58. The van der Waals surface area contributed by atoms with Crippen molar-refractivity contribution in [3.8, 4) is 0 Å². The SMILES string of the molecule is CC[C@@H](C)c1ccc(NC(=O)Cn2nc(C(F)F)cc2C)cc1. The van der Waals surface area contributed by atoms with Gasteiger partial charge in [-0.1, -0.05) is 26.0 Å². The van der Waals surface area contributed by atoms with Crippen molar-refractivity contribution < 1.29 is 13.6 Å². The van der Waals surface area contributed by atoms with E-state index in [4.69, 9.17) is 0 Å². The van der Waals surface area contributed by atoms with Crippen molar-refractivity contribution in [2.75, 3.05) is 5.32 Å². The Morgan fingerprint density at radius 1 is 1.30 bits per heavy atom. The largest absolute Gasteiger partial charge is 0.324 e. The van der Waals surface area contributed by atoms with E-state index in [0.29, 0.717) is 17.3 Å². The molecule has 23 heavy (non-hydrogen) atoms. The van der Waals surface area contributed by atoms with Gasteiger partial charge in [-0.15, -0.1) is 0 Å². The van der Waals surface area contributed by atoms with Crippen molar-refractivity contribution in [2.24, 2.45) is 0 Å². The van der Waals surface area contributed by atoms with Crippen molar-refractivity contribution in [1.29, 1.82) is 0 Å². The number of carbonyl (C=O) groups excluding carboxylic acids is 1. The number of aromatic nitrogens is 2. The summed E-state index contributed by atoms with van der Waals surface area (Å²) in [5, 5.41) is 6.50. The number of hydrogen-bond acceptors (Lipinski definition) is 2. The van der Waals surface area contributed by atoms with Crippen molar-refractivity contribution in [3.63, 3.8) is 0 Å². The zero-order valence-corrected chi connectivity index (χ0v) is 13.5. The smallest absolute Gasteiger partial charge is 0.282 e. The van der Waals surface area contributed by atoms with Gasteiger partial charge in [0, 0.05) is 11.4 Å². The van der Waals surface area contributed by atoms with Crippen molar-refractivity contribution >= 4 is 11.6 Å². The monoisotopic (exact) mass is 321 g/mol. The van der Waals surface area contributed by atoms with Crippen LogP contribution >= 0.6 is 0 Å². The van der Waals surface area contributed by atoms with E-state index in [2.05, 4.69) is 24.3 Å². The Balaban J connectivity index is 1.99. The minimum absolute atomic E-state index is 0.0916. The predicted octanol–water partition coefficient (Wildman–Crippen LogP) is 4.28. The number of alkyl halides is 2. The molecule has 0 aliphatic rings. The summed E-state index contributed by atoms with van der Waals surface area (Å²) in [7, 11) is 0. The summed E-state index contributed by atoms with van der Waals surface area (Å²) in [5.41, 5.74) is 2.12. The molecule has 1 aromatic heterocycles. The molecule has 0 aliphatic heterocycles. The molecule has 2 rings (SSSR count). The normalized spacial score (nSPS) is 12.4. The minimum Gasteiger partial charge on any atom is -0.324 e. The zero-order valence-electron chi connectivity index (χ0n) is 13.5. The van der Waals surface area contributed by atoms with Gasteiger partial charge in [0.05, 0.1) is 0 Å². The molecule has 0 radical (unpaired) electrons. The fourth-order valence-corrected chi connectivity index (χ4v) is 2.27. The fraction of sp³-hybridized carbons (Fsp3) is 0.412. The first kappa shape index (κ1) is 17.1. The molecule has 2 aromatic rings. The maximum atomic E-state index is 12.6. The lowest BCUT2D eigenvalue weighted by Crippen LogP contribution is -2.20. The number of hydrogen-bond donors (Lipinski definition) is 1. The molecule has 124 valence electrons. The van der Waals surface area contributed by atoms with E-state index in [-0.39, 0.29) is 18.1 Å². The maximum absolute atomic E-state index is 12.6. The van der Waals surface area contributed by atoms with Gasteiger partial charge in [0.1, 0.15) is 12.2 Å². The van der Waals surface area contributed by atoms with Crippen LogP contribution in [0.3, 0.4) is 0 Å². The van der Waals surface area contributed by atoms with Crippen LogP contribution in [-0.4, -0.2) is 15.7 Å². The van der Waals surface area contributed by atoms with Crippen molar-refractivity contribution in [3.05, 3.63) is 47.3 Å². The van der Waals surface area contributed by atoms with Gasteiger partial charge in [-0.3, -0.25) is 9.48 Å². The predicted molar refractivity (Wildman–Crippen MR) is 85.7 cm³/mol. The Kier molecular flexibility index (Phi) is 5.47. The van der Waals surface area contributed by atoms with Crippen LogP contribution in [0.2, 0.25) is 0 Å². The topological polar surface area (TPSA) is 46.9 Å². The molecule has 0 unspecified atom stereocenters. The summed E-state index contributed by atoms with van der Waals surface area (Å²) in [6, 6.07) is 8.95. The maximum Gasteiger partial charge on any atom is 0.282 e. The summed E-state index contributed by atoms with van der Waals surface area (Å²) in [4.78, 5) is 12.0. The number of benzene rings is 1. The Hall–Kier alpha value is -2.24. The van der Waals surface area contributed by atoms with E-state index in [9.17, 15) is 13.6 Å². The summed E-state index contributed by atoms with van der Waals surface area (Å²) in [6.45, 7) is 5.83. The Bertz CT molecular complexity index is 665. The number of aryl methyl sites for hydroxylation is 1. The van der Waals surface area contributed by atoms with Gasteiger partial charge >= 0.3 is 0 Å². The van der Waals surface area contributed by atoms with Gasteiger partial charge in [-0.25, -0.2) is 8.78 Å². The first-order valence-corrected chi connectivity index (χ1v) is 7.63. The molecule has 4 nitrogen and oxygen atoms in total. The molecule has 1 aromatic carbocycles. The highest BCUT2D eigenvalue weighted by Crippen LogP contribution is 2.21. The van der Waals surface area contributed by atoms with Crippen molar-refractivity contribution in [1.82, 2.24) is 9.78 Å². The van der Waals surface area contributed by atoms with Crippen LogP contribution < -0.4 is 5.32 Å². The van der Waals surface area contributed by atoms with E-state index in [1.807, 2.05) is 24.3 Å². The second-order valence-corrected chi connectivity index (χ2v) is 5.65. The van der Waals surface area contributed by atoms with Crippen LogP contribution in [0.4, 0.5) is 14.5 Å². The van der Waals surface area contributed by atoms with Gasteiger partial charge in [0.25, 0.3) is 6.43 Å². The second kappa shape index (κ2) is 7.35. The first-order valence-electron chi connectivity index (χ1n) is 7.63. The molecule has 1 atom stereocenters. The van der Waals surface area contributed by atoms with Crippen molar-refractivity contribution in [2.45, 2.75) is 46.1 Å². The fourth-order valence-electron chi connectivity index (χ4n) is 2.27. The molecule has 1 amide bonds. The molecule has 0 spiro atoms. The number of nitrogens with zero attached hydrogens (tertiary/aromatic N) is 2. The zero-order chi connectivity index (χ0) is 17.0. The summed E-state index contributed by atoms with van der Waals surface area (Å²) < 4.78 is 26.5. The second-order valence-electron chi connectivity index (χ2n) is 5.65. The lowest BCUT2D eigenvalue weighted by molar-refractivity contribution is -0.117. The van der Waals surface area contributed by atoms with E-state index in [1.165, 1.54) is 16.3 Å². The lowest BCUT2D eigenvalue weighted by atomic mass is 9.99. The van der Waals surface area contributed by atoms with E-state index in [0.717, 1.165) is 6.42 Å². The highest BCUT2D eigenvalue weighted by Gasteiger charge is 2.15. The van der Waals surface area contributed by atoms with Crippen LogP contribution in [0.15, 0.2) is 30.3 Å². The van der Waals surface area contributed by atoms with E-state index in [1.54, 1.807) is 6.92 Å². The summed E-state index contributed by atoms with van der Waals surface area (Å²) >= 11 is 0. The number of halogens is 2. The third-order valence-corrected chi connectivity index (χ3v) is 3.89. The third kappa shape index (κ3) is 4.37. The Labute approximate surface area is 134 Å². The van der Waals surface area contributed by atoms with Crippen LogP contribution in [0.5, 0.6) is 0 Å². The van der Waals surface area contributed by atoms with Crippen LogP contribution in [0, 0.1) is 6.92 Å². The number of rotatable bonds is 6. The molecular formula is C17H21F2N3O. The molecule has 1 N–H and O–H groups in total. The average Bonchev–Trinajstić information content (AvgIpc) is 2.88. The highest BCUT2D eigenvalue weighted by molar-refractivity contribution is 5.90. The molecule has 0 bridgehead atoms. The van der Waals surface area contributed by atoms with E-state index < -0.39 is 6.43 Å². The molecule has 0 saturated carbocycles. The van der Waals surface area contributed by atoms with Gasteiger partial charge in [0.15, 0.2) is 0 Å². The van der Waals surface area contributed by atoms with Gasteiger partial charge in [-0.2, -0.15) is 5.10 Å². The quantitative estimate of drug-likeness (QED) is 0.863. The van der Waals surface area contributed by atoms with Gasteiger partial charge in [0.2, 0.25) is 5.91 Å². The van der Waals surface area contributed by atoms with Crippen LogP contribution in [0.1, 0.15) is 49.6 Å². The first-order chi connectivity index (χ1) is 10.9. The lowest BCUT2D eigenvalue weighted by Gasteiger charge is -2.11. The molecule has 0 aliphatic carbocycles. The third-order valence-electron chi connectivity index (χ3n) is 3.89. The number of nitrogens with one attached hydrogen (secondary N) is 1. The molecule has 0 saturated heterocycles. The number of anilines is 1. The minimum atomic E-state index is -2.63. The Morgan fingerprint density at radius 3 is 2.48 bits per heavy atom. The molecular weight excluding hydrogens is 300 g/mol. The van der Waals surface area contributed by atoms with Crippen LogP contribution in [-0.2, 0) is 11.3 Å². The van der Waals surface area contributed by atoms with E-state index >= 15 is 0 Å². The number of amides is 1. The standard InChI is InChI=1S/C17H21F2N3O/c1-4-11(2)13-5-7-14(8-6-13)20-16(23)10-22-12(3)9-15(21-22)17(18)19/h5-9,11,17H,4,10H2,1-3H3,(H,20,23)/t11-/m1/s1. The molecule has 0 fully saturated rings. The molecule has 1 heterocycles. The summed E-state index contributed by atoms with van der Waals surface area (Å²) in [5.74, 6) is 0.174. The average molecular weight is 321 g/mol. The molecule has 6 heteroatoms. The van der Waals surface area contributed by atoms with Crippen LogP contribution in [0.25, 0.3) is 0 Å². The Morgan fingerprint density at radius 2 is 1.96 bits per heavy atom. The highest BCUT2D eigenvalue weighted by atomic mass is 19.3.